The van der Waals surface area contributed by atoms with Crippen LogP contribution in [-0.4, -0.2) is 68.2 Å². The van der Waals surface area contributed by atoms with Gasteiger partial charge >= 0.3 is 11.9 Å². The topological polar surface area (TPSA) is 133 Å². The van der Waals surface area contributed by atoms with Gasteiger partial charge < -0.3 is 29.1 Å². The Kier molecular flexibility index (Phi) is 11.9. The predicted octanol–water partition coefficient (Wildman–Crippen LogP) is 4.66. The van der Waals surface area contributed by atoms with Crippen LogP contribution in [0.1, 0.15) is 57.6 Å². The zero-order valence-corrected chi connectivity index (χ0v) is 26.5. The van der Waals surface area contributed by atoms with Crippen LogP contribution >= 0.6 is 0 Å². The van der Waals surface area contributed by atoms with E-state index in [4.69, 9.17) is 18.6 Å². The summed E-state index contributed by atoms with van der Waals surface area (Å²) in [6.07, 6.45) is 0.694. The smallest absolute Gasteiger partial charge is 0.332 e. The number of ether oxygens (including phenoxy) is 3. The van der Waals surface area contributed by atoms with E-state index in [9.17, 15) is 19.5 Å². The molecule has 0 fully saturated rings. The molecular formula is C30H44N2O8Si. The van der Waals surface area contributed by atoms with Gasteiger partial charge in [-0.15, -0.1) is 0 Å². The summed E-state index contributed by atoms with van der Waals surface area (Å²) in [4.78, 5) is 43.3. The van der Waals surface area contributed by atoms with E-state index in [1.54, 1.807) is 13.8 Å². The SMILES string of the molecule is COc1ccnc(C(=O)NC(COC(=O)C(Cc2ccccc2)C(C)O[Si](C)(C)C(C)(C)C)C(=O)OC(C)C)c1O. The number of aromatic hydroxyl groups is 1. The van der Waals surface area contributed by atoms with Gasteiger partial charge in [0.2, 0.25) is 0 Å². The third kappa shape index (κ3) is 9.57. The summed E-state index contributed by atoms with van der Waals surface area (Å²) in [6.45, 7) is 15.3. The van der Waals surface area contributed by atoms with E-state index in [0.29, 0.717) is 6.42 Å². The molecule has 0 aliphatic heterocycles. The van der Waals surface area contributed by atoms with E-state index in [1.807, 2.05) is 37.3 Å². The number of nitrogens with zero attached hydrogens (tertiary/aromatic N) is 1. The maximum Gasteiger partial charge on any atom is 0.332 e. The summed E-state index contributed by atoms with van der Waals surface area (Å²) >= 11 is 0. The third-order valence-electron chi connectivity index (χ3n) is 7.11. The molecule has 0 aliphatic carbocycles. The summed E-state index contributed by atoms with van der Waals surface area (Å²) in [6, 6.07) is 9.58. The molecule has 1 heterocycles. The molecule has 2 N–H and O–H groups in total. The molecule has 1 aromatic carbocycles. The number of carbonyl (C=O) groups is 3. The van der Waals surface area contributed by atoms with Gasteiger partial charge in [0.25, 0.3) is 5.91 Å². The number of aromatic nitrogens is 1. The van der Waals surface area contributed by atoms with E-state index < -0.39 is 62.7 Å². The first-order valence-electron chi connectivity index (χ1n) is 13.7. The molecule has 1 aromatic heterocycles. The highest BCUT2D eigenvalue weighted by Gasteiger charge is 2.41. The van der Waals surface area contributed by atoms with Crippen molar-refractivity contribution < 1.29 is 38.1 Å². The highest BCUT2D eigenvalue weighted by Crippen LogP contribution is 2.38. The molecule has 0 saturated heterocycles. The minimum atomic E-state index is -2.23. The Balaban J connectivity index is 2.28. The van der Waals surface area contributed by atoms with Crippen LogP contribution in [0.15, 0.2) is 42.6 Å². The summed E-state index contributed by atoms with van der Waals surface area (Å²) in [5.41, 5.74) is 0.583. The quantitative estimate of drug-likeness (QED) is 0.253. The zero-order chi connectivity index (χ0) is 31.0. The first-order valence-corrected chi connectivity index (χ1v) is 16.6. The number of nitrogens with one attached hydrogen (secondary N) is 1. The molecular weight excluding hydrogens is 544 g/mol. The van der Waals surface area contributed by atoms with Gasteiger partial charge in [0.15, 0.2) is 31.6 Å². The average Bonchev–Trinajstić information content (AvgIpc) is 2.88. The van der Waals surface area contributed by atoms with Crippen LogP contribution in [0.2, 0.25) is 18.1 Å². The number of pyridine rings is 1. The molecule has 41 heavy (non-hydrogen) atoms. The lowest BCUT2D eigenvalue weighted by atomic mass is 9.95. The van der Waals surface area contributed by atoms with Crippen molar-refractivity contribution in [2.75, 3.05) is 13.7 Å². The number of rotatable bonds is 13. The Morgan fingerprint density at radius 3 is 2.22 bits per heavy atom. The fraction of sp³-hybridized carbons (Fsp3) is 0.533. The molecule has 2 rings (SSSR count). The Bertz CT molecular complexity index is 1180. The Morgan fingerprint density at radius 1 is 1.02 bits per heavy atom. The van der Waals surface area contributed by atoms with Crippen molar-refractivity contribution in [1.29, 1.82) is 0 Å². The van der Waals surface area contributed by atoms with Crippen molar-refractivity contribution in [3.63, 3.8) is 0 Å². The van der Waals surface area contributed by atoms with Gasteiger partial charge in [-0.05, 0) is 50.9 Å². The fourth-order valence-corrected chi connectivity index (χ4v) is 5.23. The lowest BCUT2D eigenvalue weighted by Crippen LogP contribution is -2.48. The van der Waals surface area contributed by atoms with Gasteiger partial charge in [0.1, 0.15) is 6.61 Å². The van der Waals surface area contributed by atoms with Gasteiger partial charge in [0, 0.05) is 12.3 Å². The van der Waals surface area contributed by atoms with Crippen molar-refractivity contribution in [2.24, 2.45) is 5.92 Å². The standard InChI is InChI=1S/C30H44N2O8Si/c1-19(2)39-29(36)23(32-27(34)25-26(33)24(37-7)15-16-31-25)18-38-28(35)22(17-21-13-11-10-12-14-21)20(3)40-41(8,9)30(4,5)6/h10-16,19-20,22-23,33H,17-18H2,1-9H3,(H,32,34). The molecule has 226 valence electrons. The van der Waals surface area contributed by atoms with Crippen molar-refractivity contribution >= 4 is 26.2 Å². The average molecular weight is 589 g/mol. The second-order valence-electron chi connectivity index (χ2n) is 11.7. The fourth-order valence-electron chi connectivity index (χ4n) is 3.78. The van der Waals surface area contributed by atoms with Crippen LogP contribution in [0.4, 0.5) is 0 Å². The van der Waals surface area contributed by atoms with Crippen LogP contribution in [0.3, 0.4) is 0 Å². The van der Waals surface area contributed by atoms with E-state index in [2.05, 4.69) is 44.2 Å². The summed E-state index contributed by atoms with van der Waals surface area (Å²) in [7, 11) is -0.893. The van der Waals surface area contributed by atoms with Gasteiger partial charge in [-0.1, -0.05) is 51.1 Å². The lowest BCUT2D eigenvalue weighted by molar-refractivity contribution is -0.158. The Hall–Kier alpha value is -3.44. The number of methoxy groups -OCH3 is 1. The van der Waals surface area contributed by atoms with E-state index in [-0.39, 0.29) is 16.5 Å². The summed E-state index contributed by atoms with van der Waals surface area (Å²) in [5, 5.41) is 12.7. The van der Waals surface area contributed by atoms with Crippen LogP contribution in [0.25, 0.3) is 0 Å². The number of carbonyl (C=O) groups excluding carboxylic acids is 3. The van der Waals surface area contributed by atoms with Crippen LogP contribution in [-0.2, 0) is 29.9 Å². The molecule has 3 atom stereocenters. The molecule has 0 saturated carbocycles. The van der Waals surface area contributed by atoms with Gasteiger partial charge in [-0.2, -0.15) is 0 Å². The Labute approximate surface area is 243 Å². The second-order valence-corrected chi connectivity index (χ2v) is 16.5. The van der Waals surface area contributed by atoms with Crippen molar-refractivity contribution in [3.8, 4) is 11.5 Å². The molecule has 2 aromatic rings. The largest absolute Gasteiger partial charge is 0.503 e. The zero-order valence-electron chi connectivity index (χ0n) is 25.5. The molecule has 0 spiro atoms. The molecule has 0 radical (unpaired) electrons. The molecule has 0 bridgehead atoms. The first-order chi connectivity index (χ1) is 19.1. The van der Waals surface area contributed by atoms with Gasteiger partial charge in [0.05, 0.1) is 25.2 Å². The molecule has 0 aliphatic rings. The van der Waals surface area contributed by atoms with Crippen molar-refractivity contribution in [2.45, 2.75) is 84.3 Å². The molecule has 10 nitrogen and oxygen atoms in total. The maximum atomic E-state index is 13.5. The number of hydrogen-bond donors (Lipinski definition) is 2. The van der Waals surface area contributed by atoms with Crippen molar-refractivity contribution in [1.82, 2.24) is 10.3 Å². The lowest BCUT2D eigenvalue weighted by Gasteiger charge is -2.40. The summed E-state index contributed by atoms with van der Waals surface area (Å²) in [5.74, 6) is -3.35. The molecule has 11 heteroatoms. The highest BCUT2D eigenvalue weighted by atomic mass is 28.4. The second kappa shape index (κ2) is 14.4. The Morgan fingerprint density at radius 2 is 1.66 bits per heavy atom. The highest BCUT2D eigenvalue weighted by molar-refractivity contribution is 6.74. The first kappa shape index (κ1) is 33.8. The predicted molar refractivity (Wildman–Crippen MR) is 157 cm³/mol. The van der Waals surface area contributed by atoms with Gasteiger partial charge in [-0.25, -0.2) is 9.78 Å². The molecule has 3 unspecified atom stereocenters. The van der Waals surface area contributed by atoms with E-state index in [1.165, 1.54) is 19.4 Å². The van der Waals surface area contributed by atoms with E-state index >= 15 is 0 Å². The molecule has 1 amide bonds. The van der Waals surface area contributed by atoms with Crippen LogP contribution in [0.5, 0.6) is 11.5 Å². The number of esters is 2. The monoisotopic (exact) mass is 588 g/mol. The third-order valence-corrected chi connectivity index (χ3v) is 11.7. The number of amides is 1. The minimum Gasteiger partial charge on any atom is -0.503 e. The van der Waals surface area contributed by atoms with Gasteiger partial charge in [-0.3, -0.25) is 9.59 Å². The van der Waals surface area contributed by atoms with Crippen LogP contribution in [0, 0.1) is 5.92 Å². The number of hydrogen-bond acceptors (Lipinski definition) is 9. The normalized spacial score (nSPS) is 14.1. The van der Waals surface area contributed by atoms with Crippen LogP contribution < -0.4 is 10.1 Å². The van der Waals surface area contributed by atoms with E-state index in [0.717, 1.165) is 5.56 Å². The summed E-state index contributed by atoms with van der Waals surface area (Å²) < 4.78 is 22.5. The minimum absolute atomic E-state index is 0.0392. The van der Waals surface area contributed by atoms with Crippen molar-refractivity contribution in [3.05, 3.63) is 53.9 Å². The maximum absolute atomic E-state index is 13.5. The number of benzene rings is 1.